The Morgan fingerprint density at radius 1 is 0.538 bits per heavy atom. The average molecular weight is 621 g/mol. The molecule has 0 bridgehead atoms. The molecular weight excluding hydrogens is 615 g/mol. The maximum Gasteiger partial charge on any atom is 0 e. The summed E-state index contributed by atoms with van der Waals surface area (Å²) in [7, 11) is 0. The van der Waals surface area contributed by atoms with E-state index < -0.39 is 29.0 Å². The fourth-order valence-corrected chi connectivity index (χ4v) is 0. The first kappa shape index (κ1) is 29.9. The predicted octanol–water partition coefficient (Wildman–Crippen LogP) is -4.35. The maximum absolute atomic E-state index is 8.94. The molecule has 0 radical (unpaired) electrons. The molecule has 13 heteroatoms. The molecule has 70 valence electrons. The minimum Gasteiger partial charge on any atom is 0 e. The van der Waals surface area contributed by atoms with Crippen LogP contribution in [0.2, 0.25) is 0 Å². The van der Waals surface area contributed by atoms with Gasteiger partial charge in [0.2, 0.25) is 0 Å². The van der Waals surface area contributed by atoms with E-state index in [1.54, 1.807) is 0 Å². The molecular formula is H6As2Cd3O8. The Labute approximate surface area is 140 Å². The molecule has 0 aromatic carbocycles. The summed E-state index contributed by atoms with van der Waals surface area (Å²) in [5, 5.41) is 0. The summed E-state index contributed by atoms with van der Waals surface area (Å²) >= 11 is -10.2. The number of rotatable bonds is 0. The van der Waals surface area contributed by atoms with Crippen molar-refractivity contribution >= 4 is 29.0 Å². The zero-order valence-electron chi connectivity index (χ0n) is 6.52. The van der Waals surface area contributed by atoms with Gasteiger partial charge in [0.05, 0.1) is 0 Å². The molecule has 0 saturated carbocycles. The molecule has 0 aromatic rings. The summed E-state index contributed by atoms with van der Waals surface area (Å²) < 4.78 is 61.4. The van der Waals surface area contributed by atoms with Crippen LogP contribution in [0.3, 0.4) is 0 Å². The first-order chi connectivity index (χ1) is 4.00. The minimum atomic E-state index is -5.12. The van der Waals surface area contributed by atoms with E-state index in [2.05, 4.69) is 0 Å². The first-order valence-corrected chi connectivity index (χ1v) is 8.13. The van der Waals surface area contributed by atoms with Crippen molar-refractivity contribution in [3.8, 4) is 0 Å². The first-order valence-electron chi connectivity index (χ1n) is 1.57. The van der Waals surface area contributed by atoms with Crippen molar-refractivity contribution in [1.82, 2.24) is 0 Å². The summed E-state index contributed by atoms with van der Waals surface area (Å²) in [4.78, 5) is 0. The second kappa shape index (κ2) is 13.3. The number of hydrogen-bond donors (Lipinski definition) is 6. The van der Waals surface area contributed by atoms with E-state index in [0.717, 1.165) is 0 Å². The molecule has 0 atom stereocenters. The van der Waals surface area contributed by atoms with E-state index in [4.69, 9.17) is 32.1 Å². The van der Waals surface area contributed by atoms with Crippen molar-refractivity contribution in [3.05, 3.63) is 0 Å². The van der Waals surface area contributed by atoms with Crippen molar-refractivity contribution in [2.45, 2.75) is 0 Å². The molecule has 0 unspecified atom stereocenters. The monoisotopic (exact) mass is 626 g/mol. The molecule has 0 heterocycles. The Balaban J connectivity index is -0.0000000267. The molecule has 8 nitrogen and oxygen atoms in total. The van der Waals surface area contributed by atoms with E-state index in [-0.39, 0.29) is 81.9 Å². The normalized spacial score (nSPS) is 9.08. The van der Waals surface area contributed by atoms with Crippen LogP contribution in [-0.2, 0) is 89.4 Å². The van der Waals surface area contributed by atoms with Crippen molar-refractivity contribution in [1.29, 1.82) is 0 Å². The smallest absolute Gasteiger partial charge is 0 e. The second-order valence-electron chi connectivity index (χ2n) is 1.03. The van der Waals surface area contributed by atoms with E-state index in [0.29, 0.717) is 0 Å². The van der Waals surface area contributed by atoms with Gasteiger partial charge in [0.25, 0.3) is 0 Å². The molecule has 0 aliphatic heterocycles. The van der Waals surface area contributed by atoms with Gasteiger partial charge in [-0.05, 0) is 0 Å². The minimum absolute atomic E-state index is 0. The van der Waals surface area contributed by atoms with Crippen LogP contribution >= 0.6 is 0 Å². The third kappa shape index (κ3) is 254. The average Bonchev–Trinajstić information content (AvgIpc) is 1.12. The van der Waals surface area contributed by atoms with E-state index in [1.807, 2.05) is 0 Å². The third-order valence-electron chi connectivity index (χ3n) is 0. The fourth-order valence-electron chi connectivity index (χ4n) is 0. The molecule has 0 fully saturated rings. The van der Waals surface area contributed by atoms with Gasteiger partial charge in [-0.25, -0.2) is 0 Å². The summed E-state index contributed by atoms with van der Waals surface area (Å²) in [5.74, 6) is 0. The van der Waals surface area contributed by atoms with Crippen LogP contribution in [0.5, 0.6) is 0 Å². The van der Waals surface area contributed by atoms with Crippen LogP contribution in [0.1, 0.15) is 0 Å². The Bertz CT molecular complexity index is 130. The van der Waals surface area contributed by atoms with Crippen LogP contribution in [0, 0.1) is 0 Å². The maximum atomic E-state index is 8.94. The van der Waals surface area contributed by atoms with E-state index >= 15 is 0 Å². The van der Waals surface area contributed by atoms with Gasteiger partial charge in [-0.1, -0.05) is 0 Å². The molecule has 6 N–H and O–H groups in total. The van der Waals surface area contributed by atoms with Gasteiger partial charge in [0.1, 0.15) is 0 Å². The zero-order valence-corrected chi connectivity index (χ0v) is 22.4. The summed E-state index contributed by atoms with van der Waals surface area (Å²) in [6.07, 6.45) is 0. The summed E-state index contributed by atoms with van der Waals surface area (Å²) in [5.41, 5.74) is 0. The molecule has 13 heavy (non-hydrogen) atoms. The van der Waals surface area contributed by atoms with Crippen molar-refractivity contribution in [2.75, 3.05) is 0 Å². The van der Waals surface area contributed by atoms with E-state index in [9.17, 15) is 0 Å². The largest absolute Gasteiger partial charge is 0 e. The topological polar surface area (TPSA) is 156 Å². The van der Waals surface area contributed by atoms with Gasteiger partial charge in [-0.2, -0.15) is 0 Å². The number of hydrogen-bond acceptors (Lipinski definition) is 2. The van der Waals surface area contributed by atoms with Crippen LogP contribution in [0.4, 0.5) is 0 Å². The summed E-state index contributed by atoms with van der Waals surface area (Å²) in [6.45, 7) is 0. The van der Waals surface area contributed by atoms with Crippen LogP contribution in [-0.4, -0.2) is 53.6 Å². The molecule has 0 saturated heterocycles. The Hall–Kier alpha value is 3.24. The fraction of sp³-hybridized carbons (Fsp3) is 0. The SMILES string of the molecule is O=[As](O)(O)O.O=[As](O)(O)O.[Cd].[Cd].[Cd]. The molecule has 0 aliphatic rings. The Morgan fingerprint density at radius 2 is 0.538 bits per heavy atom. The van der Waals surface area contributed by atoms with Crippen molar-refractivity contribution in [2.24, 2.45) is 0 Å². The Kier molecular flexibility index (Phi) is 30.6. The standard InChI is InChI=1S/2AsH3O4.3Cd/c2*2-1(3,4)5;;;/h2*(H3,2,3,4,5);;;. The van der Waals surface area contributed by atoms with Gasteiger partial charge in [-0.3, -0.25) is 0 Å². The molecule has 0 aromatic heterocycles. The molecule has 0 amide bonds. The van der Waals surface area contributed by atoms with E-state index in [1.165, 1.54) is 0 Å². The second-order valence-corrected chi connectivity index (χ2v) is 5.33. The van der Waals surface area contributed by atoms with Gasteiger partial charge in [0.15, 0.2) is 0 Å². The zero-order chi connectivity index (χ0) is 9.00. The molecule has 0 spiro atoms. The third-order valence-corrected chi connectivity index (χ3v) is 0. The molecule has 0 aliphatic carbocycles. The van der Waals surface area contributed by atoms with Gasteiger partial charge < -0.3 is 0 Å². The van der Waals surface area contributed by atoms with Crippen LogP contribution in [0.25, 0.3) is 0 Å². The van der Waals surface area contributed by atoms with Gasteiger partial charge >= 0.3 is 61.1 Å². The molecule has 0 rings (SSSR count). The predicted molar refractivity (Wildman–Crippen MR) is 26.2 cm³/mol. The van der Waals surface area contributed by atoms with Crippen molar-refractivity contribution < 1.29 is 114 Å². The van der Waals surface area contributed by atoms with Crippen LogP contribution in [0.15, 0.2) is 0 Å². The van der Waals surface area contributed by atoms with Gasteiger partial charge in [-0.15, -0.1) is 0 Å². The summed E-state index contributed by atoms with van der Waals surface area (Å²) in [6, 6.07) is 0. The van der Waals surface area contributed by atoms with Crippen LogP contribution < -0.4 is 0 Å². The quantitative estimate of drug-likeness (QED) is 0.149. The Morgan fingerprint density at radius 3 is 0.538 bits per heavy atom. The van der Waals surface area contributed by atoms with Crippen molar-refractivity contribution in [3.63, 3.8) is 0 Å². The van der Waals surface area contributed by atoms with Gasteiger partial charge in [0, 0.05) is 81.9 Å².